The van der Waals surface area contributed by atoms with Crippen LogP contribution in [0.3, 0.4) is 0 Å². The Bertz CT molecular complexity index is 497. The van der Waals surface area contributed by atoms with Crippen LogP contribution in [-0.4, -0.2) is 27.5 Å². The van der Waals surface area contributed by atoms with Crippen LogP contribution in [0, 0.1) is 5.92 Å². The van der Waals surface area contributed by atoms with E-state index in [-0.39, 0.29) is 5.56 Å². The van der Waals surface area contributed by atoms with E-state index in [4.69, 9.17) is 0 Å². The number of hydrogen-bond donors (Lipinski definition) is 0. The summed E-state index contributed by atoms with van der Waals surface area (Å²) in [5.74, 6) is 1.25. The Morgan fingerprint density at radius 3 is 2.89 bits per heavy atom. The van der Waals surface area contributed by atoms with Gasteiger partial charge in [0.2, 0.25) is 0 Å². The Morgan fingerprint density at radius 1 is 1.44 bits per heavy atom. The largest absolute Gasteiger partial charge is 0.348 e. The molecule has 1 aromatic heterocycles. The summed E-state index contributed by atoms with van der Waals surface area (Å²) in [6.45, 7) is 3.18. The highest BCUT2D eigenvalue weighted by molar-refractivity contribution is 9.09. The molecule has 2 unspecified atom stereocenters. The Hall–Kier alpha value is -0.840. The van der Waals surface area contributed by atoms with E-state index in [9.17, 15) is 4.79 Å². The number of nitrogens with zero attached hydrogens (tertiary/aromatic N) is 3. The molecule has 2 fully saturated rings. The highest BCUT2D eigenvalue weighted by Crippen LogP contribution is 2.34. The predicted octanol–water partition coefficient (Wildman–Crippen LogP) is 2.19. The Labute approximate surface area is 115 Å². The zero-order valence-corrected chi connectivity index (χ0v) is 12.1. The normalized spacial score (nSPS) is 27.8. The quantitative estimate of drug-likeness (QED) is 0.803. The van der Waals surface area contributed by atoms with Gasteiger partial charge in [-0.15, -0.1) is 0 Å². The van der Waals surface area contributed by atoms with E-state index in [1.807, 2.05) is 10.8 Å². The summed E-state index contributed by atoms with van der Waals surface area (Å²) in [5, 5.41) is 0.896. The molecule has 1 aromatic rings. The van der Waals surface area contributed by atoms with Gasteiger partial charge in [0.25, 0.3) is 5.56 Å². The number of anilines is 1. The van der Waals surface area contributed by atoms with Gasteiger partial charge in [-0.05, 0) is 25.2 Å². The second-order valence-corrected chi connectivity index (χ2v) is 6.02. The maximum atomic E-state index is 12.4. The van der Waals surface area contributed by atoms with Crippen molar-refractivity contribution in [3.63, 3.8) is 0 Å². The Kier molecular flexibility index (Phi) is 3.18. The van der Waals surface area contributed by atoms with Crippen LogP contribution in [-0.2, 0) is 0 Å². The van der Waals surface area contributed by atoms with Crippen LogP contribution in [0.15, 0.2) is 17.2 Å². The molecule has 0 aromatic carbocycles. The number of aromatic nitrogens is 2. The predicted molar refractivity (Wildman–Crippen MR) is 75.5 cm³/mol. The van der Waals surface area contributed by atoms with Crippen molar-refractivity contribution < 1.29 is 0 Å². The van der Waals surface area contributed by atoms with E-state index < -0.39 is 0 Å². The van der Waals surface area contributed by atoms with E-state index in [0.29, 0.717) is 23.8 Å². The number of halogens is 1. The molecular formula is C13H18BrN3O. The molecule has 4 nitrogen and oxygen atoms in total. The van der Waals surface area contributed by atoms with Gasteiger partial charge in [0.05, 0.1) is 0 Å². The maximum absolute atomic E-state index is 12.4. The Balaban J connectivity index is 1.97. The fourth-order valence-electron chi connectivity index (χ4n) is 2.76. The lowest BCUT2D eigenvalue weighted by Gasteiger charge is -2.25. The molecule has 2 heterocycles. The van der Waals surface area contributed by atoms with E-state index in [2.05, 4.69) is 32.7 Å². The molecule has 0 spiro atoms. The molecule has 2 aliphatic rings. The van der Waals surface area contributed by atoms with Crippen molar-refractivity contribution in [3.05, 3.63) is 22.7 Å². The van der Waals surface area contributed by atoms with E-state index in [0.717, 1.165) is 31.1 Å². The lowest BCUT2D eigenvalue weighted by Crippen LogP contribution is -2.39. The fourth-order valence-corrected chi connectivity index (χ4v) is 3.75. The molecule has 2 atom stereocenters. The van der Waals surface area contributed by atoms with Gasteiger partial charge in [-0.1, -0.05) is 22.9 Å². The minimum atomic E-state index is 0.0834. The maximum Gasteiger partial charge on any atom is 0.293 e. The lowest BCUT2D eigenvalue weighted by molar-refractivity contribution is 0.550. The monoisotopic (exact) mass is 311 g/mol. The van der Waals surface area contributed by atoms with Crippen LogP contribution < -0.4 is 10.5 Å². The van der Waals surface area contributed by atoms with Gasteiger partial charge in [-0.25, -0.2) is 4.98 Å². The van der Waals surface area contributed by atoms with E-state index in [1.54, 1.807) is 6.20 Å². The molecular weight excluding hydrogens is 294 g/mol. The van der Waals surface area contributed by atoms with E-state index >= 15 is 0 Å². The van der Waals surface area contributed by atoms with Gasteiger partial charge in [0.1, 0.15) is 0 Å². The van der Waals surface area contributed by atoms with Gasteiger partial charge in [-0.3, -0.25) is 4.79 Å². The van der Waals surface area contributed by atoms with Gasteiger partial charge in [0.15, 0.2) is 5.82 Å². The van der Waals surface area contributed by atoms with Crippen LogP contribution in [0.25, 0.3) is 0 Å². The first kappa shape index (κ1) is 12.2. The molecule has 0 N–H and O–H groups in total. The molecule has 1 saturated heterocycles. The second kappa shape index (κ2) is 4.68. The molecule has 1 aliphatic carbocycles. The fraction of sp³-hybridized carbons (Fsp3) is 0.692. The Morgan fingerprint density at radius 2 is 2.22 bits per heavy atom. The average Bonchev–Trinajstić information content (AvgIpc) is 3.13. The topological polar surface area (TPSA) is 38.1 Å². The van der Waals surface area contributed by atoms with Crippen LogP contribution in [0.2, 0.25) is 0 Å². The number of hydrogen-bond acceptors (Lipinski definition) is 3. The lowest BCUT2D eigenvalue weighted by atomic mass is 10.1. The summed E-state index contributed by atoms with van der Waals surface area (Å²) in [6, 6.07) is 0.807. The molecule has 98 valence electrons. The van der Waals surface area contributed by atoms with Crippen molar-refractivity contribution >= 4 is 21.7 Å². The van der Waals surface area contributed by atoms with Crippen LogP contribution >= 0.6 is 15.9 Å². The smallest absolute Gasteiger partial charge is 0.293 e. The molecule has 18 heavy (non-hydrogen) atoms. The molecule has 3 rings (SSSR count). The standard InChI is InChI=1S/C13H18BrN3O/c1-9-4-6-17(11(9)8-14)12-13(18)16(7-5-15-12)10-2-3-10/h5,7,9-11H,2-4,6,8H2,1H3. The van der Waals surface area contributed by atoms with Crippen molar-refractivity contribution in [2.24, 2.45) is 5.92 Å². The molecule has 1 aliphatic heterocycles. The van der Waals surface area contributed by atoms with Crippen molar-refractivity contribution in [1.82, 2.24) is 9.55 Å². The third-order valence-corrected chi connectivity index (χ3v) is 4.77. The molecule has 5 heteroatoms. The van der Waals surface area contributed by atoms with Crippen LogP contribution in [0.5, 0.6) is 0 Å². The zero-order chi connectivity index (χ0) is 12.7. The summed E-state index contributed by atoms with van der Waals surface area (Å²) >= 11 is 3.56. The number of alkyl halides is 1. The molecule has 0 amide bonds. The first-order valence-corrected chi connectivity index (χ1v) is 7.74. The third kappa shape index (κ3) is 1.98. The highest BCUT2D eigenvalue weighted by atomic mass is 79.9. The van der Waals surface area contributed by atoms with Gasteiger partial charge < -0.3 is 9.47 Å². The second-order valence-electron chi connectivity index (χ2n) is 5.38. The average molecular weight is 312 g/mol. The van der Waals surface area contributed by atoms with Crippen molar-refractivity contribution in [2.45, 2.75) is 38.3 Å². The summed E-state index contributed by atoms with van der Waals surface area (Å²) in [4.78, 5) is 19.0. The van der Waals surface area contributed by atoms with Crippen molar-refractivity contribution in [3.8, 4) is 0 Å². The zero-order valence-electron chi connectivity index (χ0n) is 10.6. The minimum Gasteiger partial charge on any atom is -0.348 e. The molecule has 0 bridgehead atoms. The van der Waals surface area contributed by atoms with E-state index in [1.165, 1.54) is 0 Å². The summed E-state index contributed by atoms with van der Waals surface area (Å²) < 4.78 is 1.86. The SMILES string of the molecule is CC1CCN(c2nccn(C3CC3)c2=O)C1CBr. The van der Waals surface area contributed by atoms with Gasteiger partial charge in [0, 0.05) is 36.4 Å². The van der Waals surface area contributed by atoms with Crippen LogP contribution in [0.1, 0.15) is 32.2 Å². The molecule has 0 radical (unpaired) electrons. The third-order valence-electron chi connectivity index (χ3n) is 4.10. The summed E-state index contributed by atoms with van der Waals surface area (Å²) in [5.41, 5.74) is 0.0834. The van der Waals surface area contributed by atoms with Crippen molar-refractivity contribution in [1.29, 1.82) is 0 Å². The first-order valence-electron chi connectivity index (χ1n) is 6.62. The first-order chi connectivity index (χ1) is 8.72. The summed E-state index contributed by atoms with van der Waals surface area (Å²) in [6.07, 6.45) is 6.98. The minimum absolute atomic E-state index is 0.0834. The summed E-state index contributed by atoms with van der Waals surface area (Å²) in [7, 11) is 0. The molecule has 1 saturated carbocycles. The van der Waals surface area contributed by atoms with Gasteiger partial charge in [-0.2, -0.15) is 0 Å². The highest BCUT2D eigenvalue weighted by Gasteiger charge is 2.34. The number of rotatable bonds is 3. The van der Waals surface area contributed by atoms with Crippen molar-refractivity contribution in [2.75, 3.05) is 16.8 Å². The van der Waals surface area contributed by atoms with Crippen LogP contribution in [0.4, 0.5) is 5.82 Å². The van der Waals surface area contributed by atoms with Gasteiger partial charge >= 0.3 is 0 Å².